The molecule has 0 saturated carbocycles. The van der Waals surface area contributed by atoms with Crippen molar-refractivity contribution in [3.8, 4) is 33.2 Å². The molecule has 1 heterocycles. The van der Waals surface area contributed by atoms with E-state index in [0.29, 0.717) is 13.2 Å². The summed E-state index contributed by atoms with van der Waals surface area (Å²) in [4.78, 5) is 7.33. The summed E-state index contributed by atoms with van der Waals surface area (Å²) >= 11 is 1.77. The lowest BCUT2D eigenvalue weighted by molar-refractivity contribution is 0.362. The third kappa shape index (κ3) is 6.15. The molecule has 0 bridgehead atoms. The van der Waals surface area contributed by atoms with Gasteiger partial charge in [0.05, 0.1) is 10.2 Å². The van der Waals surface area contributed by atoms with Crippen LogP contribution in [0.25, 0.3) is 31.9 Å². The third-order valence-corrected chi connectivity index (χ3v) is 10.8. The van der Waals surface area contributed by atoms with E-state index >= 15 is 0 Å². The first-order chi connectivity index (χ1) is 24.1. The summed E-state index contributed by atoms with van der Waals surface area (Å²) in [6.07, 6.45) is 10.0. The van der Waals surface area contributed by atoms with E-state index in [4.69, 9.17) is 14.5 Å². The van der Waals surface area contributed by atoms with Gasteiger partial charge in [0.2, 0.25) is 0 Å². The van der Waals surface area contributed by atoms with E-state index < -0.39 is 0 Å². The van der Waals surface area contributed by atoms with Crippen LogP contribution in [0.3, 0.4) is 0 Å². The SMILES string of the molecule is CC=CCOc1ccc(N(c2ccc(OCC=CC)cc2)c2ccc3c(c2)C(CC)(CC)c2cc(-c4nc5ccccc5s4)ccc2-3)cc1. The highest BCUT2D eigenvalue weighted by Crippen LogP contribution is 2.55. The molecule has 1 aromatic heterocycles. The number of hydrogen-bond donors (Lipinski definition) is 0. The number of hydrogen-bond acceptors (Lipinski definition) is 5. The summed E-state index contributed by atoms with van der Waals surface area (Å²) in [5.41, 5.74) is 10.8. The second-order valence-corrected chi connectivity index (χ2v) is 13.4. The van der Waals surface area contributed by atoms with E-state index in [0.717, 1.165) is 51.9 Å². The summed E-state index contributed by atoms with van der Waals surface area (Å²) in [7, 11) is 0. The molecular weight excluding hydrogens is 621 g/mol. The minimum Gasteiger partial charge on any atom is -0.490 e. The fourth-order valence-corrected chi connectivity index (χ4v) is 8.04. The first-order valence-corrected chi connectivity index (χ1v) is 18.0. The minimum atomic E-state index is -0.103. The van der Waals surface area contributed by atoms with Gasteiger partial charge in [-0.2, -0.15) is 0 Å². The highest BCUT2D eigenvalue weighted by atomic mass is 32.1. The molecule has 0 atom stereocenters. The number of anilines is 3. The van der Waals surface area contributed by atoms with Crippen molar-refractivity contribution in [2.75, 3.05) is 18.1 Å². The molecule has 0 N–H and O–H groups in total. The lowest BCUT2D eigenvalue weighted by Crippen LogP contribution is -2.23. The Kier molecular flexibility index (Phi) is 9.36. The molecule has 0 spiro atoms. The van der Waals surface area contributed by atoms with Gasteiger partial charge < -0.3 is 14.4 Å². The molecule has 0 fully saturated rings. The van der Waals surface area contributed by atoms with Crippen molar-refractivity contribution in [2.45, 2.75) is 46.0 Å². The lowest BCUT2D eigenvalue weighted by Gasteiger charge is -2.32. The summed E-state index contributed by atoms with van der Waals surface area (Å²) in [5, 5.41) is 1.07. The Morgan fingerprint density at radius 1 is 0.653 bits per heavy atom. The maximum atomic E-state index is 5.94. The Morgan fingerprint density at radius 2 is 1.20 bits per heavy atom. The summed E-state index contributed by atoms with van der Waals surface area (Å²) < 4.78 is 13.1. The van der Waals surface area contributed by atoms with Crippen LogP contribution >= 0.6 is 11.3 Å². The number of benzene rings is 5. The summed E-state index contributed by atoms with van der Waals surface area (Å²) in [5.74, 6) is 1.69. The topological polar surface area (TPSA) is 34.6 Å². The fraction of sp³-hybridized carbons (Fsp3) is 0.205. The largest absolute Gasteiger partial charge is 0.490 e. The molecule has 49 heavy (non-hydrogen) atoms. The van der Waals surface area contributed by atoms with Gasteiger partial charge in [0.1, 0.15) is 29.7 Å². The van der Waals surface area contributed by atoms with Crippen molar-refractivity contribution in [3.05, 3.63) is 145 Å². The Hall–Kier alpha value is -5.13. The molecule has 7 rings (SSSR count). The van der Waals surface area contributed by atoms with Crippen molar-refractivity contribution < 1.29 is 9.47 Å². The van der Waals surface area contributed by atoms with E-state index in [1.165, 1.54) is 32.5 Å². The quantitative estimate of drug-likeness (QED) is 0.122. The van der Waals surface area contributed by atoms with Crippen LogP contribution in [0.4, 0.5) is 17.1 Å². The van der Waals surface area contributed by atoms with E-state index in [9.17, 15) is 0 Å². The van der Waals surface area contributed by atoms with Crippen LogP contribution < -0.4 is 14.4 Å². The smallest absolute Gasteiger partial charge is 0.124 e. The van der Waals surface area contributed by atoms with Crippen LogP contribution in [0.5, 0.6) is 11.5 Å². The zero-order valence-corrected chi connectivity index (χ0v) is 29.5. The van der Waals surface area contributed by atoms with Gasteiger partial charge in [-0.15, -0.1) is 11.3 Å². The van der Waals surface area contributed by atoms with Gasteiger partial charge in [0.25, 0.3) is 0 Å². The molecule has 246 valence electrons. The molecule has 5 aromatic carbocycles. The Morgan fingerprint density at radius 3 is 1.78 bits per heavy atom. The maximum absolute atomic E-state index is 5.94. The van der Waals surface area contributed by atoms with Crippen LogP contribution in [-0.2, 0) is 5.41 Å². The first kappa shape index (κ1) is 32.4. The van der Waals surface area contributed by atoms with Crippen LogP contribution in [0.15, 0.2) is 133 Å². The van der Waals surface area contributed by atoms with Crippen molar-refractivity contribution >= 4 is 38.6 Å². The summed E-state index contributed by atoms with van der Waals surface area (Å²) in [6.45, 7) is 9.77. The Labute approximate surface area is 294 Å². The number of nitrogens with zero attached hydrogens (tertiary/aromatic N) is 2. The van der Waals surface area contributed by atoms with Gasteiger partial charge in [-0.1, -0.05) is 68.5 Å². The van der Waals surface area contributed by atoms with Gasteiger partial charge in [0.15, 0.2) is 0 Å². The zero-order chi connectivity index (χ0) is 33.8. The molecule has 1 aliphatic rings. The van der Waals surface area contributed by atoms with Crippen LogP contribution in [0.2, 0.25) is 0 Å². The molecular formula is C44H42N2O2S. The molecule has 5 heteroatoms. The molecule has 4 nitrogen and oxygen atoms in total. The van der Waals surface area contributed by atoms with Crippen LogP contribution in [0, 0.1) is 0 Å². The zero-order valence-electron chi connectivity index (χ0n) is 28.6. The van der Waals surface area contributed by atoms with E-state index in [1.807, 2.05) is 38.2 Å². The number of ether oxygens (including phenoxy) is 2. The van der Waals surface area contributed by atoms with Crippen molar-refractivity contribution in [2.24, 2.45) is 0 Å². The molecule has 0 unspecified atom stereocenters. The molecule has 1 aliphatic carbocycles. The van der Waals surface area contributed by atoms with Gasteiger partial charge in [0, 0.05) is 28.0 Å². The van der Waals surface area contributed by atoms with Crippen LogP contribution in [-0.4, -0.2) is 18.2 Å². The molecule has 6 aromatic rings. The van der Waals surface area contributed by atoms with Gasteiger partial charge >= 0.3 is 0 Å². The predicted molar refractivity (Wildman–Crippen MR) is 207 cm³/mol. The van der Waals surface area contributed by atoms with Crippen molar-refractivity contribution in [3.63, 3.8) is 0 Å². The number of fused-ring (bicyclic) bond motifs is 4. The predicted octanol–water partition coefficient (Wildman–Crippen LogP) is 12.4. The van der Waals surface area contributed by atoms with Crippen LogP contribution in [0.1, 0.15) is 51.7 Å². The van der Waals surface area contributed by atoms with E-state index in [2.05, 4.69) is 128 Å². The third-order valence-electron chi connectivity index (χ3n) is 9.70. The molecule has 0 saturated heterocycles. The Balaban J connectivity index is 1.30. The molecule has 0 amide bonds. The van der Waals surface area contributed by atoms with Crippen molar-refractivity contribution in [1.82, 2.24) is 4.98 Å². The Bertz CT molecular complexity index is 2030. The average molecular weight is 663 g/mol. The van der Waals surface area contributed by atoms with Gasteiger partial charge in [-0.3, -0.25) is 0 Å². The maximum Gasteiger partial charge on any atom is 0.124 e. The number of thiazole rings is 1. The fourth-order valence-electron chi connectivity index (χ4n) is 7.07. The number of aromatic nitrogens is 1. The number of para-hydroxylation sites is 1. The monoisotopic (exact) mass is 662 g/mol. The lowest BCUT2D eigenvalue weighted by atomic mass is 9.73. The molecule has 0 aliphatic heterocycles. The second kappa shape index (κ2) is 14.2. The second-order valence-electron chi connectivity index (χ2n) is 12.3. The standard InChI is InChI=1S/C44H42N2O2S/c1-5-9-27-47-35-21-16-32(17-22-35)46(33-18-23-36(24-19-33)48-28-10-6-2)34-20-26-38-37-25-15-31(43-45-41-13-11-12-14-42(41)49-43)29-39(37)44(7-3,8-4)40(38)30-34/h5-6,9-26,29-30H,7-8,27-28H2,1-4H3. The van der Waals surface area contributed by atoms with E-state index in [1.54, 1.807) is 11.3 Å². The molecule has 0 radical (unpaired) electrons. The number of rotatable bonds is 12. The summed E-state index contributed by atoms with van der Waals surface area (Å²) in [6, 6.07) is 39.2. The average Bonchev–Trinajstić information content (AvgIpc) is 3.70. The first-order valence-electron chi connectivity index (χ1n) is 17.2. The van der Waals surface area contributed by atoms with Crippen molar-refractivity contribution in [1.29, 1.82) is 0 Å². The normalized spacial score (nSPS) is 13.2. The van der Waals surface area contributed by atoms with Gasteiger partial charge in [-0.05, 0) is 128 Å². The van der Waals surface area contributed by atoms with Gasteiger partial charge in [-0.25, -0.2) is 4.98 Å². The van der Waals surface area contributed by atoms with E-state index in [-0.39, 0.29) is 5.41 Å². The highest BCUT2D eigenvalue weighted by Gasteiger charge is 2.41. The minimum absolute atomic E-state index is 0.103. The number of allylic oxidation sites excluding steroid dienone is 2. The highest BCUT2D eigenvalue weighted by molar-refractivity contribution is 7.21.